The van der Waals surface area contributed by atoms with Crippen molar-refractivity contribution in [3.63, 3.8) is 0 Å². The van der Waals surface area contributed by atoms with E-state index >= 15 is 0 Å². The van der Waals surface area contributed by atoms with Gasteiger partial charge in [-0.2, -0.15) is 0 Å². The molecule has 0 aliphatic heterocycles. The first-order chi connectivity index (χ1) is 6.69. The van der Waals surface area contributed by atoms with Gasteiger partial charge in [-0.15, -0.1) is 0 Å². The van der Waals surface area contributed by atoms with Gasteiger partial charge in [0.2, 0.25) is 0 Å². The maximum atomic E-state index is 10.8. The van der Waals surface area contributed by atoms with Gasteiger partial charge in [0.1, 0.15) is 11.3 Å². The van der Waals surface area contributed by atoms with Gasteiger partial charge in [0.05, 0.1) is 0 Å². The lowest BCUT2D eigenvalue weighted by Gasteiger charge is -1.94. The summed E-state index contributed by atoms with van der Waals surface area (Å²) in [7, 11) is 0. The molecule has 1 heterocycles. The van der Waals surface area contributed by atoms with Crippen LogP contribution in [-0.4, -0.2) is 16.8 Å². The highest BCUT2D eigenvalue weighted by molar-refractivity contribution is 7.99. The van der Waals surface area contributed by atoms with Crippen molar-refractivity contribution in [3.05, 3.63) is 17.4 Å². The van der Waals surface area contributed by atoms with Gasteiger partial charge < -0.3 is 9.52 Å². The smallest absolute Gasteiger partial charge is 0.340 e. The standard InChI is InChI=1S/C10H14O3S/c1-3-5-7-6-8(9(11)12)10(13-7)14-4-2/h6H,3-5H2,1-2H3,(H,11,12). The third-order valence-corrected chi connectivity index (χ3v) is 2.61. The summed E-state index contributed by atoms with van der Waals surface area (Å²) >= 11 is 1.43. The fourth-order valence-corrected chi connectivity index (χ4v) is 1.91. The molecule has 0 unspecified atom stereocenters. The minimum Gasteiger partial charge on any atom is -0.478 e. The molecule has 0 fully saturated rings. The van der Waals surface area contributed by atoms with E-state index in [1.54, 1.807) is 6.07 Å². The highest BCUT2D eigenvalue weighted by atomic mass is 32.2. The van der Waals surface area contributed by atoms with Gasteiger partial charge in [-0.3, -0.25) is 0 Å². The monoisotopic (exact) mass is 214 g/mol. The van der Waals surface area contributed by atoms with E-state index in [0.29, 0.717) is 10.7 Å². The summed E-state index contributed by atoms with van der Waals surface area (Å²) in [5.74, 6) is 0.673. The van der Waals surface area contributed by atoms with Crippen LogP contribution in [0.15, 0.2) is 15.6 Å². The van der Waals surface area contributed by atoms with E-state index in [0.717, 1.165) is 24.4 Å². The molecule has 1 aromatic rings. The molecule has 0 saturated heterocycles. The predicted octanol–water partition coefficient (Wildman–Crippen LogP) is 3.04. The Bertz CT molecular complexity index is 317. The van der Waals surface area contributed by atoms with E-state index in [1.165, 1.54) is 11.8 Å². The Balaban J connectivity index is 2.93. The second-order valence-electron chi connectivity index (χ2n) is 2.90. The summed E-state index contributed by atoms with van der Waals surface area (Å²) in [6.07, 6.45) is 1.76. The third kappa shape index (κ3) is 2.54. The van der Waals surface area contributed by atoms with Crippen molar-refractivity contribution in [1.82, 2.24) is 0 Å². The number of carboxylic acids is 1. The molecule has 1 N–H and O–H groups in total. The van der Waals surface area contributed by atoms with Gasteiger partial charge in [0.25, 0.3) is 0 Å². The molecule has 3 nitrogen and oxygen atoms in total. The number of aromatic carboxylic acids is 1. The van der Waals surface area contributed by atoms with Crippen LogP contribution < -0.4 is 0 Å². The second-order valence-corrected chi connectivity index (χ2v) is 4.14. The summed E-state index contributed by atoms with van der Waals surface area (Å²) in [5, 5.41) is 9.43. The average Bonchev–Trinajstić information content (AvgIpc) is 2.49. The minimum atomic E-state index is -0.910. The fourth-order valence-electron chi connectivity index (χ4n) is 1.18. The Hall–Kier alpha value is -0.900. The van der Waals surface area contributed by atoms with E-state index in [2.05, 4.69) is 0 Å². The number of carbonyl (C=O) groups is 1. The van der Waals surface area contributed by atoms with Crippen molar-refractivity contribution in [2.45, 2.75) is 31.8 Å². The molecule has 0 atom stereocenters. The van der Waals surface area contributed by atoms with Gasteiger partial charge in [-0.05, 0) is 18.2 Å². The topological polar surface area (TPSA) is 50.4 Å². The Morgan fingerprint density at radius 2 is 2.29 bits per heavy atom. The highest BCUT2D eigenvalue weighted by Crippen LogP contribution is 2.27. The zero-order valence-corrected chi connectivity index (χ0v) is 9.19. The number of thioether (sulfide) groups is 1. The quantitative estimate of drug-likeness (QED) is 0.765. The lowest BCUT2D eigenvalue weighted by atomic mass is 10.2. The first kappa shape index (κ1) is 11.2. The Morgan fingerprint density at radius 3 is 2.79 bits per heavy atom. The Kier molecular flexibility index (Phi) is 4.07. The van der Waals surface area contributed by atoms with Gasteiger partial charge >= 0.3 is 5.97 Å². The summed E-state index contributed by atoms with van der Waals surface area (Å²) < 4.78 is 5.44. The molecule has 14 heavy (non-hydrogen) atoms. The number of hydrogen-bond acceptors (Lipinski definition) is 3. The molecule has 78 valence electrons. The zero-order chi connectivity index (χ0) is 10.6. The van der Waals surface area contributed by atoms with Crippen molar-refractivity contribution in [1.29, 1.82) is 0 Å². The van der Waals surface area contributed by atoms with Crippen molar-refractivity contribution in [2.75, 3.05) is 5.75 Å². The third-order valence-electron chi connectivity index (χ3n) is 1.75. The van der Waals surface area contributed by atoms with E-state index < -0.39 is 5.97 Å². The molecule has 0 bridgehead atoms. The minimum absolute atomic E-state index is 0.292. The average molecular weight is 214 g/mol. The molecule has 1 aromatic heterocycles. The van der Waals surface area contributed by atoms with Crippen molar-refractivity contribution in [2.24, 2.45) is 0 Å². The fraction of sp³-hybridized carbons (Fsp3) is 0.500. The van der Waals surface area contributed by atoms with Crippen LogP contribution in [0.25, 0.3) is 0 Å². The van der Waals surface area contributed by atoms with Crippen LogP contribution in [0.4, 0.5) is 0 Å². The normalized spacial score (nSPS) is 10.4. The summed E-state index contributed by atoms with van der Waals surface area (Å²) in [5.41, 5.74) is 0.292. The molecule has 0 aliphatic carbocycles. The lowest BCUT2D eigenvalue weighted by Crippen LogP contribution is -1.95. The van der Waals surface area contributed by atoms with Gasteiger partial charge in [-0.25, -0.2) is 4.79 Å². The molecule has 4 heteroatoms. The molecule has 0 amide bonds. The molecule has 0 aliphatic rings. The number of aryl methyl sites for hydroxylation is 1. The zero-order valence-electron chi connectivity index (χ0n) is 8.37. The molecular weight excluding hydrogens is 200 g/mol. The van der Waals surface area contributed by atoms with Gasteiger partial charge in [0.15, 0.2) is 5.09 Å². The van der Waals surface area contributed by atoms with Crippen LogP contribution in [0.5, 0.6) is 0 Å². The lowest BCUT2D eigenvalue weighted by molar-refractivity contribution is 0.0690. The SMILES string of the molecule is CCCc1cc(C(=O)O)c(SCC)o1. The van der Waals surface area contributed by atoms with Crippen molar-refractivity contribution in [3.8, 4) is 0 Å². The first-order valence-corrected chi connectivity index (χ1v) is 5.66. The van der Waals surface area contributed by atoms with Gasteiger partial charge in [0, 0.05) is 6.42 Å². The summed E-state index contributed by atoms with van der Waals surface area (Å²) in [4.78, 5) is 10.8. The Labute approximate surface area is 87.5 Å². The van der Waals surface area contributed by atoms with Crippen LogP contribution in [0.3, 0.4) is 0 Å². The largest absolute Gasteiger partial charge is 0.478 e. The Morgan fingerprint density at radius 1 is 1.57 bits per heavy atom. The number of carboxylic acid groups (broad SMARTS) is 1. The molecule has 0 spiro atoms. The molecule has 0 saturated carbocycles. The van der Waals surface area contributed by atoms with Crippen molar-refractivity contribution < 1.29 is 14.3 Å². The van der Waals surface area contributed by atoms with Crippen LogP contribution in [0.2, 0.25) is 0 Å². The predicted molar refractivity (Wildman–Crippen MR) is 56.1 cm³/mol. The summed E-state index contributed by atoms with van der Waals surface area (Å²) in [6.45, 7) is 4.01. The molecule has 0 aromatic carbocycles. The van der Waals surface area contributed by atoms with Crippen LogP contribution in [0.1, 0.15) is 36.4 Å². The highest BCUT2D eigenvalue weighted by Gasteiger charge is 2.16. The number of hydrogen-bond donors (Lipinski definition) is 1. The summed E-state index contributed by atoms with van der Waals surface area (Å²) in [6, 6.07) is 1.63. The molecular formula is C10H14O3S. The van der Waals surface area contributed by atoms with E-state index in [1.807, 2.05) is 13.8 Å². The van der Waals surface area contributed by atoms with Gasteiger partial charge in [-0.1, -0.05) is 25.6 Å². The maximum absolute atomic E-state index is 10.8. The molecule has 1 rings (SSSR count). The van der Waals surface area contributed by atoms with Crippen molar-refractivity contribution >= 4 is 17.7 Å². The van der Waals surface area contributed by atoms with E-state index in [9.17, 15) is 4.79 Å². The van der Waals surface area contributed by atoms with E-state index in [4.69, 9.17) is 9.52 Å². The first-order valence-electron chi connectivity index (χ1n) is 4.67. The van der Waals surface area contributed by atoms with Crippen LogP contribution >= 0.6 is 11.8 Å². The van der Waals surface area contributed by atoms with E-state index in [-0.39, 0.29) is 0 Å². The maximum Gasteiger partial charge on any atom is 0.340 e. The van der Waals surface area contributed by atoms with Crippen LogP contribution in [-0.2, 0) is 6.42 Å². The second kappa shape index (κ2) is 5.10. The molecule has 0 radical (unpaired) electrons. The number of rotatable bonds is 5. The van der Waals surface area contributed by atoms with Crippen LogP contribution in [0, 0.1) is 0 Å². The number of furan rings is 1.